The first-order chi connectivity index (χ1) is 17.0. The van der Waals surface area contributed by atoms with Crippen LogP contribution < -0.4 is 14.8 Å². The van der Waals surface area contributed by atoms with E-state index in [1.165, 1.54) is 18.2 Å². The third-order valence-electron chi connectivity index (χ3n) is 5.12. The number of ether oxygens (including phenoxy) is 2. The van der Waals surface area contributed by atoms with Gasteiger partial charge in [0.25, 0.3) is 5.92 Å². The highest BCUT2D eigenvalue weighted by Gasteiger charge is 2.45. The van der Waals surface area contributed by atoms with Gasteiger partial charge in [0.05, 0.1) is 6.04 Å². The van der Waals surface area contributed by atoms with E-state index in [9.17, 15) is 35.8 Å². The van der Waals surface area contributed by atoms with Gasteiger partial charge in [-0.1, -0.05) is 30.7 Å². The number of hydrogen-bond acceptors (Lipinski definition) is 4. The number of hydrogen-bond donors (Lipinski definition) is 2. The van der Waals surface area contributed by atoms with Gasteiger partial charge in [-0.2, -0.15) is 30.7 Å². The zero-order valence-electron chi connectivity index (χ0n) is 19.1. The summed E-state index contributed by atoms with van der Waals surface area (Å²) in [6.07, 6.45) is -17.4. The Hall–Kier alpha value is -2.38. The minimum atomic E-state index is -5.10. The summed E-state index contributed by atoms with van der Waals surface area (Å²) in [5.41, 5.74) is 0.448. The van der Waals surface area contributed by atoms with Crippen molar-refractivity contribution >= 4 is 11.6 Å². The summed E-state index contributed by atoms with van der Waals surface area (Å²) in [6.45, 7) is -0.859. The van der Waals surface area contributed by atoms with Gasteiger partial charge in [-0.05, 0) is 54.3 Å². The average molecular weight is 568 g/mol. The second-order valence-electron chi connectivity index (χ2n) is 7.99. The number of aryl methyl sites for hydroxylation is 1. The number of benzene rings is 2. The third-order valence-corrected chi connectivity index (χ3v) is 5.49. The van der Waals surface area contributed by atoms with Crippen LogP contribution in [0.1, 0.15) is 18.1 Å². The number of alkyl halides is 9. The molecular formula is C23H23ClF9NO3. The van der Waals surface area contributed by atoms with Gasteiger partial charge < -0.3 is 19.9 Å². The summed E-state index contributed by atoms with van der Waals surface area (Å²) < 4.78 is 129. The Morgan fingerprint density at radius 3 is 2.24 bits per heavy atom. The summed E-state index contributed by atoms with van der Waals surface area (Å²) in [4.78, 5) is 0. The summed E-state index contributed by atoms with van der Waals surface area (Å²) in [5.74, 6) is -4.62. The molecule has 0 saturated heterocycles. The van der Waals surface area contributed by atoms with Crippen LogP contribution in [0, 0.1) is 0 Å². The largest absolute Gasteiger partial charge is 0.487 e. The highest BCUT2D eigenvalue weighted by atomic mass is 35.5. The first kappa shape index (κ1) is 30.8. The molecule has 4 nitrogen and oxygen atoms in total. The summed E-state index contributed by atoms with van der Waals surface area (Å²) in [6, 6.07) is 5.92. The molecule has 0 radical (unpaired) electrons. The van der Waals surface area contributed by atoms with Crippen molar-refractivity contribution in [1.82, 2.24) is 5.32 Å². The molecule has 0 aliphatic rings. The lowest BCUT2D eigenvalue weighted by Crippen LogP contribution is -2.53. The monoisotopic (exact) mass is 567 g/mol. The van der Waals surface area contributed by atoms with Crippen molar-refractivity contribution in [1.29, 1.82) is 0 Å². The lowest BCUT2D eigenvalue weighted by molar-refractivity contribution is -0.253. The van der Waals surface area contributed by atoms with Gasteiger partial charge in [-0.15, -0.1) is 0 Å². The van der Waals surface area contributed by atoms with Crippen molar-refractivity contribution in [2.24, 2.45) is 0 Å². The van der Waals surface area contributed by atoms with Gasteiger partial charge in [-0.25, -0.2) is 8.78 Å². The van der Waals surface area contributed by atoms with Crippen LogP contribution in [0.3, 0.4) is 0 Å². The minimum Gasteiger partial charge on any atom is -0.487 e. The molecule has 208 valence electrons. The second-order valence-corrected chi connectivity index (χ2v) is 8.40. The zero-order chi connectivity index (χ0) is 28.0. The Morgan fingerprint density at radius 1 is 0.973 bits per heavy atom. The molecule has 2 atom stereocenters. The molecule has 0 aliphatic heterocycles. The van der Waals surface area contributed by atoms with Crippen molar-refractivity contribution < 1.29 is 54.1 Å². The number of aliphatic hydroxyl groups is 1. The second kappa shape index (κ2) is 12.4. The van der Waals surface area contributed by atoms with E-state index in [1.807, 2.05) is 5.32 Å². The highest BCUT2D eigenvalue weighted by molar-refractivity contribution is 6.31. The number of rotatable bonds is 13. The Bertz CT molecular complexity index is 1020. The molecule has 2 unspecified atom stereocenters. The molecule has 0 aliphatic carbocycles. The topological polar surface area (TPSA) is 50.7 Å². The summed E-state index contributed by atoms with van der Waals surface area (Å²) in [5, 5.41) is 11.5. The fourth-order valence-electron chi connectivity index (χ4n) is 3.11. The zero-order valence-corrected chi connectivity index (χ0v) is 19.9. The van der Waals surface area contributed by atoms with Gasteiger partial charge in [0.1, 0.15) is 11.5 Å². The van der Waals surface area contributed by atoms with Gasteiger partial charge in [0.2, 0.25) is 0 Å². The van der Waals surface area contributed by atoms with E-state index in [-0.39, 0.29) is 11.3 Å². The smallest absolute Gasteiger partial charge is 0.461 e. The van der Waals surface area contributed by atoms with Crippen LogP contribution in [0.2, 0.25) is 5.02 Å². The molecule has 14 heteroatoms. The van der Waals surface area contributed by atoms with Gasteiger partial charge in [0.15, 0.2) is 12.7 Å². The van der Waals surface area contributed by atoms with E-state index in [0.717, 1.165) is 24.3 Å². The molecule has 0 amide bonds. The molecule has 2 rings (SSSR count). The van der Waals surface area contributed by atoms with Crippen LogP contribution in [0.15, 0.2) is 42.5 Å². The predicted molar refractivity (Wildman–Crippen MR) is 117 cm³/mol. The highest BCUT2D eigenvalue weighted by Crippen LogP contribution is 2.30. The van der Waals surface area contributed by atoms with Gasteiger partial charge >= 0.3 is 18.7 Å². The Labute approximate surface area is 211 Å². The maximum Gasteiger partial charge on any atom is 0.461 e. The van der Waals surface area contributed by atoms with E-state index in [1.54, 1.807) is 6.92 Å². The SMILES string of the molecule is CCc1cc(OCC(F)(F)C(Cc2cccc(OC(F)(F)C(F)F)c2)NCC(O)C(F)(F)F)ccc1Cl. The van der Waals surface area contributed by atoms with Crippen LogP contribution in [-0.2, 0) is 12.8 Å². The van der Waals surface area contributed by atoms with Crippen molar-refractivity contribution in [3.63, 3.8) is 0 Å². The maximum atomic E-state index is 15.1. The van der Waals surface area contributed by atoms with Crippen molar-refractivity contribution in [3.05, 3.63) is 58.6 Å². The Balaban J connectivity index is 2.25. The number of halogens is 10. The molecule has 0 aromatic heterocycles. The van der Waals surface area contributed by atoms with Gasteiger partial charge in [-0.3, -0.25) is 0 Å². The lowest BCUT2D eigenvalue weighted by Gasteiger charge is -2.29. The molecule has 0 fully saturated rings. The molecule has 0 bridgehead atoms. The lowest BCUT2D eigenvalue weighted by atomic mass is 10.00. The Morgan fingerprint density at radius 2 is 1.65 bits per heavy atom. The molecular weight excluding hydrogens is 545 g/mol. The molecule has 2 aromatic carbocycles. The molecule has 2 N–H and O–H groups in total. The van der Waals surface area contributed by atoms with Crippen LogP contribution >= 0.6 is 11.6 Å². The van der Waals surface area contributed by atoms with Crippen LogP contribution in [0.5, 0.6) is 11.5 Å². The van der Waals surface area contributed by atoms with E-state index < -0.39 is 62.1 Å². The maximum absolute atomic E-state index is 15.1. The molecule has 2 aromatic rings. The average Bonchev–Trinajstić information content (AvgIpc) is 2.80. The predicted octanol–water partition coefficient (Wildman–Crippen LogP) is 6.28. The van der Waals surface area contributed by atoms with Crippen LogP contribution in [0.4, 0.5) is 39.5 Å². The third kappa shape index (κ3) is 9.15. The van der Waals surface area contributed by atoms with Crippen LogP contribution in [0.25, 0.3) is 0 Å². The minimum absolute atomic E-state index is 0.0135. The quantitative estimate of drug-likeness (QED) is 0.280. The first-order valence-corrected chi connectivity index (χ1v) is 11.1. The van der Waals surface area contributed by atoms with Gasteiger partial charge in [0, 0.05) is 11.6 Å². The Kier molecular flexibility index (Phi) is 10.4. The van der Waals surface area contributed by atoms with E-state index >= 15 is 8.78 Å². The molecule has 0 heterocycles. The fraction of sp³-hybridized carbons (Fsp3) is 0.478. The molecule has 0 saturated carbocycles. The summed E-state index contributed by atoms with van der Waals surface area (Å²) in [7, 11) is 0. The number of nitrogens with one attached hydrogen (secondary N) is 1. The molecule has 37 heavy (non-hydrogen) atoms. The first-order valence-electron chi connectivity index (χ1n) is 10.8. The number of aliphatic hydroxyl groups excluding tert-OH is 1. The normalized spacial score (nSPS) is 14.5. The van der Waals surface area contributed by atoms with E-state index in [4.69, 9.17) is 16.3 Å². The van der Waals surface area contributed by atoms with Crippen molar-refractivity contribution in [3.8, 4) is 11.5 Å². The van der Waals surface area contributed by atoms with Crippen molar-refractivity contribution in [2.45, 2.75) is 56.5 Å². The van der Waals surface area contributed by atoms with E-state index in [0.29, 0.717) is 17.0 Å². The van der Waals surface area contributed by atoms with Crippen LogP contribution in [-0.4, -0.2) is 55.0 Å². The summed E-state index contributed by atoms with van der Waals surface area (Å²) >= 11 is 5.98. The molecule has 0 spiro atoms. The standard InChI is InChI=1S/C23H23ClF9NO3/c1-2-14-10-15(6-7-17(14)24)36-12-21(27,28)18(34-11-19(35)22(29,30)31)9-13-4-3-5-16(8-13)37-23(32,33)20(25)26/h3-8,10,18-20,34-35H,2,9,11-12H2,1H3. The fourth-order valence-corrected chi connectivity index (χ4v) is 3.36. The van der Waals surface area contributed by atoms with Crippen molar-refractivity contribution in [2.75, 3.05) is 13.2 Å². The van der Waals surface area contributed by atoms with E-state index in [2.05, 4.69) is 4.74 Å².